The molecule has 0 aliphatic carbocycles. The van der Waals surface area contributed by atoms with Crippen LogP contribution in [-0.2, 0) is 9.47 Å². The van der Waals surface area contributed by atoms with Gasteiger partial charge in [-0.2, -0.15) is 0 Å². The van der Waals surface area contributed by atoms with Crippen molar-refractivity contribution < 1.29 is 24.8 Å². The highest BCUT2D eigenvalue weighted by molar-refractivity contribution is 7.10. The van der Waals surface area contributed by atoms with Crippen molar-refractivity contribution in [2.45, 2.75) is 18.5 Å². The summed E-state index contributed by atoms with van der Waals surface area (Å²) in [5, 5.41) is 29.4. The standard InChI is InChI=1S/C10H14O5S/c11-4-7(12)9(13)6-3-8(16-5-6)10-14-1-2-15-10/h3,5,7,9-13H,1-2,4H2. The van der Waals surface area contributed by atoms with Gasteiger partial charge in [-0.15, -0.1) is 11.3 Å². The summed E-state index contributed by atoms with van der Waals surface area (Å²) in [6, 6.07) is 1.73. The predicted octanol–water partition coefficient (Wildman–Crippen LogP) is 0.180. The van der Waals surface area contributed by atoms with E-state index in [1.165, 1.54) is 11.3 Å². The Morgan fingerprint density at radius 2 is 2.06 bits per heavy atom. The summed E-state index contributed by atoms with van der Waals surface area (Å²) >= 11 is 1.40. The molecule has 2 unspecified atom stereocenters. The van der Waals surface area contributed by atoms with Crippen molar-refractivity contribution in [1.29, 1.82) is 0 Å². The molecule has 90 valence electrons. The average molecular weight is 246 g/mol. The summed E-state index contributed by atoms with van der Waals surface area (Å²) in [6.07, 6.45) is -2.60. The van der Waals surface area contributed by atoms with E-state index in [0.29, 0.717) is 18.8 Å². The molecule has 0 amide bonds. The second-order valence-corrected chi connectivity index (χ2v) is 4.49. The van der Waals surface area contributed by atoms with Gasteiger partial charge in [0.15, 0.2) is 6.29 Å². The zero-order valence-corrected chi connectivity index (χ0v) is 9.39. The Kier molecular flexibility index (Phi) is 3.91. The highest BCUT2D eigenvalue weighted by Crippen LogP contribution is 2.31. The largest absolute Gasteiger partial charge is 0.394 e. The fourth-order valence-corrected chi connectivity index (χ4v) is 2.42. The predicted molar refractivity (Wildman–Crippen MR) is 57.0 cm³/mol. The van der Waals surface area contributed by atoms with Crippen LogP contribution in [0.5, 0.6) is 0 Å². The number of ether oxygens (including phenoxy) is 2. The smallest absolute Gasteiger partial charge is 0.193 e. The lowest BCUT2D eigenvalue weighted by Gasteiger charge is -2.13. The molecule has 1 aliphatic heterocycles. The molecular weight excluding hydrogens is 232 g/mol. The third kappa shape index (κ3) is 2.42. The van der Waals surface area contributed by atoms with Gasteiger partial charge in [0.25, 0.3) is 0 Å². The monoisotopic (exact) mass is 246 g/mol. The van der Waals surface area contributed by atoms with Crippen LogP contribution in [0.25, 0.3) is 0 Å². The summed E-state index contributed by atoms with van der Waals surface area (Å²) < 4.78 is 10.6. The van der Waals surface area contributed by atoms with Crippen molar-refractivity contribution in [2.75, 3.05) is 19.8 Å². The van der Waals surface area contributed by atoms with Crippen LogP contribution in [0.2, 0.25) is 0 Å². The van der Waals surface area contributed by atoms with E-state index in [9.17, 15) is 10.2 Å². The van der Waals surface area contributed by atoms with Crippen molar-refractivity contribution in [3.63, 3.8) is 0 Å². The molecule has 0 spiro atoms. The third-order valence-corrected chi connectivity index (χ3v) is 3.36. The number of hydrogen-bond acceptors (Lipinski definition) is 6. The second kappa shape index (κ2) is 5.22. The van der Waals surface area contributed by atoms with E-state index in [1.54, 1.807) is 11.4 Å². The van der Waals surface area contributed by atoms with Gasteiger partial charge in [0, 0.05) is 0 Å². The Morgan fingerprint density at radius 3 is 2.69 bits per heavy atom. The summed E-state index contributed by atoms with van der Waals surface area (Å²) in [7, 11) is 0. The van der Waals surface area contributed by atoms with Crippen LogP contribution in [-0.4, -0.2) is 41.2 Å². The third-order valence-electron chi connectivity index (χ3n) is 2.39. The molecule has 3 N–H and O–H groups in total. The lowest BCUT2D eigenvalue weighted by Crippen LogP contribution is -2.21. The van der Waals surface area contributed by atoms with E-state index in [-0.39, 0.29) is 6.29 Å². The molecule has 1 saturated heterocycles. The Labute approximate surface area is 96.9 Å². The maximum atomic E-state index is 9.66. The molecule has 1 aromatic heterocycles. The Hall–Kier alpha value is -0.500. The summed E-state index contributed by atoms with van der Waals surface area (Å²) in [5.74, 6) is 0. The first-order chi connectivity index (χ1) is 7.72. The van der Waals surface area contributed by atoms with Gasteiger partial charge in [0.05, 0.1) is 24.7 Å². The van der Waals surface area contributed by atoms with Crippen LogP contribution in [0.1, 0.15) is 22.8 Å². The molecule has 2 rings (SSSR count). The van der Waals surface area contributed by atoms with Gasteiger partial charge in [-0.1, -0.05) is 0 Å². The summed E-state index contributed by atoms with van der Waals surface area (Å²) in [5.41, 5.74) is 0.570. The minimum absolute atomic E-state index is 0.364. The molecule has 6 heteroatoms. The zero-order chi connectivity index (χ0) is 11.5. The van der Waals surface area contributed by atoms with E-state index >= 15 is 0 Å². The molecule has 0 saturated carbocycles. The topological polar surface area (TPSA) is 79.2 Å². The van der Waals surface area contributed by atoms with Gasteiger partial charge < -0.3 is 24.8 Å². The van der Waals surface area contributed by atoms with Gasteiger partial charge in [-0.05, 0) is 17.0 Å². The average Bonchev–Trinajstić information content (AvgIpc) is 2.96. The minimum atomic E-state index is -1.16. The lowest BCUT2D eigenvalue weighted by atomic mass is 10.1. The molecule has 1 fully saturated rings. The van der Waals surface area contributed by atoms with E-state index < -0.39 is 18.8 Å². The summed E-state index contributed by atoms with van der Waals surface area (Å²) in [4.78, 5) is 0.858. The molecule has 1 aliphatic rings. The Morgan fingerprint density at radius 1 is 1.38 bits per heavy atom. The molecule has 1 aromatic rings. The number of aliphatic hydroxyl groups excluding tert-OH is 3. The highest BCUT2D eigenvalue weighted by atomic mass is 32.1. The zero-order valence-electron chi connectivity index (χ0n) is 8.57. The van der Waals surface area contributed by atoms with Gasteiger partial charge >= 0.3 is 0 Å². The van der Waals surface area contributed by atoms with E-state index in [4.69, 9.17) is 14.6 Å². The van der Waals surface area contributed by atoms with Gasteiger partial charge in [-0.3, -0.25) is 0 Å². The fraction of sp³-hybridized carbons (Fsp3) is 0.600. The first kappa shape index (κ1) is 12.0. The maximum Gasteiger partial charge on any atom is 0.193 e. The van der Waals surface area contributed by atoms with Crippen LogP contribution in [0, 0.1) is 0 Å². The molecule has 0 radical (unpaired) electrons. The van der Waals surface area contributed by atoms with E-state index in [1.807, 2.05) is 0 Å². The normalized spacial score (nSPS) is 21.2. The Balaban J connectivity index is 2.06. The molecule has 2 heterocycles. The highest BCUT2D eigenvalue weighted by Gasteiger charge is 2.23. The first-order valence-corrected chi connectivity index (χ1v) is 5.89. The summed E-state index contributed by atoms with van der Waals surface area (Å²) in [6.45, 7) is 0.669. The van der Waals surface area contributed by atoms with Crippen molar-refractivity contribution in [2.24, 2.45) is 0 Å². The number of aliphatic hydroxyl groups is 3. The van der Waals surface area contributed by atoms with Gasteiger partial charge in [-0.25, -0.2) is 0 Å². The molecule has 0 aromatic carbocycles. The van der Waals surface area contributed by atoms with Crippen LogP contribution < -0.4 is 0 Å². The number of rotatable bonds is 4. The number of hydrogen-bond donors (Lipinski definition) is 3. The molecule has 5 nitrogen and oxygen atoms in total. The van der Waals surface area contributed by atoms with Crippen LogP contribution in [0.3, 0.4) is 0 Å². The van der Waals surface area contributed by atoms with Gasteiger partial charge in [0.1, 0.15) is 12.2 Å². The Bertz CT molecular complexity index is 334. The maximum absolute atomic E-state index is 9.66. The van der Waals surface area contributed by atoms with E-state index in [2.05, 4.69) is 0 Å². The van der Waals surface area contributed by atoms with Gasteiger partial charge in [0.2, 0.25) is 0 Å². The molecule has 2 atom stereocenters. The van der Waals surface area contributed by atoms with Crippen LogP contribution in [0.4, 0.5) is 0 Å². The molecule has 0 bridgehead atoms. The SMILES string of the molecule is OCC(O)C(O)c1csc(C2OCCO2)c1. The van der Waals surface area contributed by atoms with Crippen molar-refractivity contribution in [3.8, 4) is 0 Å². The second-order valence-electron chi connectivity index (χ2n) is 3.55. The van der Waals surface area contributed by atoms with Crippen molar-refractivity contribution in [3.05, 3.63) is 21.9 Å². The van der Waals surface area contributed by atoms with Crippen molar-refractivity contribution in [1.82, 2.24) is 0 Å². The van der Waals surface area contributed by atoms with Crippen LogP contribution >= 0.6 is 11.3 Å². The molecule has 16 heavy (non-hydrogen) atoms. The van der Waals surface area contributed by atoms with Crippen LogP contribution in [0.15, 0.2) is 11.4 Å². The fourth-order valence-electron chi connectivity index (χ4n) is 1.49. The quantitative estimate of drug-likeness (QED) is 0.706. The van der Waals surface area contributed by atoms with Crippen molar-refractivity contribution >= 4 is 11.3 Å². The molecular formula is C10H14O5S. The number of thiophene rings is 1. The van der Waals surface area contributed by atoms with E-state index in [0.717, 1.165) is 4.88 Å². The minimum Gasteiger partial charge on any atom is -0.394 e. The first-order valence-electron chi connectivity index (χ1n) is 5.01. The lowest BCUT2D eigenvalue weighted by molar-refractivity contribution is -0.0417.